The molecule has 9 nitrogen and oxygen atoms in total. The van der Waals surface area contributed by atoms with Crippen molar-refractivity contribution in [2.45, 2.75) is 18.9 Å². The number of hydrogen-bond donors (Lipinski definition) is 1. The summed E-state index contributed by atoms with van der Waals surface area (Å²) >= 11 is 1.20. The largest absolute Gasteiger partial charge is 0.497 e. The van der Waals surface area contributed by atoms with Gasteiger partial charge in [0.05, 0.1) is 13.2 Å². The molecule has 0 bridgehead atoms. The van der Waals surface area contributed by atoms with Crippen LogP contribution < -0.4 is 19.5 Å². The summed E-state index contributed by atoms with van der Waals surface area (Å²) in [7, 11) is 1.57. The van der Waals surface area contributed by atoms with Crippen LogP contribution in [-0.4, -0.2) is 47.4 Å². The van der Waals surface area contributed by atoms with Crippen LogP contribution in [0.25, 0.3) is 0 Å². The molecule has 0 aliphatic carbocycles. The van der Waals surface area contributed by atoms with Gasteiger partial charge in [-0.05, 0) is 43.2 Å². The van der Waals surface area contributed by atoms with Gasteiger partial charge in [-0.2, -0.15) is 0 Å². The number of ether oxygens (including phenoxy) is 3. The molecule has 3 aromatic rings. The molecule has 3 heterocycles. The van der Waals surface area contributed by atoms with Crippen LogP contribution in [0, 0.1) is 0 Å². The van der Waals surface area contributed by atoms with E-state index in [1.165, 1.54) is 11.3 Å². The lowest BCUT2D eigenvalue weighted by atomic mass is 10.1. The van der Waals surface area contributed by atoms with Gasteiger partial charge >= 0.3 is 0 Å². The van der Waals surface area contributed by atoms with Gasteiger partial charge in [0, 0.05) is 23.9 Å². The summed E-state index contributed by atoms with van der Waals surface area (Å²) in [6.07, 6.45) is 1.63. The molecule has 1 atom stereocenters. The Morgan fingerprint density at radius 2 is 2.03 bits per heavy atom. The summed E-state index contributed by atoms with van der Waals surface area (Å²) in [4.78, 5) is 27.6. The summed E-state index contributed by atoms with van der Waals surface area (Å²) in [5.41, 5.74) is 1.13. The van der Waals surface area contributed by atoms with E-state index < -0.39 is 0 Å². The van der Waals surface area contributed by atoms with Crippen molar-refractivity contribution in [2.75, 3.05) is 25.8 Å². The molecule has 0 radical (unpaired) electrons. The van der Waals surface area contributed by atoms with Crippen molar-refractivity contribution in [3.05, 3.63) is 58.0 Å². The SMILES string of the molecule is COc1cccc(C(=O)N2CCC[C@@H]2c2nnc(C(=O)Nc3ccc4c(c3)OCO4)s2)c1. The first-order valence-corrected chi connectivity index (χ1v) is 10.9. The fourth-order valence-corrected chi connectivity index (χ4v) is 4.69. The van der Waals surface area contributed by atoms with Crippen LogP contribution in [0.1, 0.15) is 44.1 Å². The Hall–Kier alpha value is -3.66. The number of nitrogens with one attached hydrogen (secondary N) is 1. The Balaban J connectivity index is 1.30. The Labute approximate surface area is 187 Å². The number of anilines is 1. The molecule has 1 aromatic heterocycles. The van der Waals surface area contributed by atoms with Gasteiger partial charge in [0.2, 0.25) is 11.8 Å². The highest BCUT2D eigenvalue weighted by atomic mass is 32.1. The summed E-state index contributed by atoms with van der Waals surface area (Å²) < 4.78 is 15.9. The van der Waals surface area contributed by atoms with Crippen molar-refractivity contribution in [1.82, 2.24) is 15.1 Å². The van der Waals surface area contributed by atoms with Gasteiger partial charge in [-0.25, -0.2) is 0 Å². The highest BCUT2D eigenvalue weighted by Gasteiger charge is 2.33. The van der Waals surface area contributed by atoms with Crippen LogP contribution in [0.5, 0.6) is 17.2 Å². The van der Waals surface area contributed by atoms with Gasteiger partial charge in [0.1, 0.15) is 10.8 Å². The van der Waals surface area contributed by atoms with Gasteiger partial charge in [0.25, 0.3) is 11.8 Å². The van der Waals surface area contributed by atoms with E-state index in [2.05, 4.69) is 15.5 Å². The van der Waals surface area contributed by atoms with Crippen LogP contribution in [0.4, 0.5) is 5.69 Å². The number of carbonyl (C=O) groups excluding carboxylic acids is 2. The molecule has 0 saturated carbocycles. The minimum absolute atomic E-state index is 0.0899. The molecule has 10 heteroatoms. The number of hydrogen-bond acceptors (Lipinski definition) is 8. The molecular formula is C22H20N4O5S. The summed E-state index contributed by atoms with van der Waals surface area (Å²) in [6, 6.07) is 12.1. The van der Waals surface area contributed by atoms with Gasteiger partial charge < -0.3 is 24.4 Å². The molecule has 0 unspecified atom stereocenters. The highest BCUT2D eigenvalue weighted by Crippen LogP contribution is 2.36. The van der Waals surface area contributed by atoms with Crippen LogP contribution >= 0.6 is 11.3 Å². The monoisotopic (exact) mass is 452 g/mol. The van der Waals surface area contributed by atoms with Gasteiger partial charge in [0.15, 0.2) is 11.5 Å². The molecule has 2 amide bonds. The lowest BCUT2D eigenvalue weighted by Crippen LogP contribution is -2.30. The average Bonchev–Trinajstić information content (AvgIpc) is 3.58. The van der Waals surface area contributed by atoms with E-state index in [0.29, 0.717) is 40.1 Å². The zero-order chi connectivity index (χ0) is 22.1. The third kappa shape index (κ3) is 3.84. The maximum Gasteiger partial charge on any atom is 0.286 e. The number of nitrogens with zero attached hydrogens (tertiary/aromatic N) is 3. The van der Waals surface area contributed by atoms with Crippen molar-refractivity contribution >= 4 is 28.8 Å². The van der Waals surface area contributed by atoms with Crippen molar-refractivity contribution in [1.29, 1.82) is 0 Å². The van der Waals surface area contributed by atoms with Crippen LogP contribution in [0.15, 0.2) is 42.5 Å². The summed E-state index contributed by atoms with van der Waals surface area (Å²) in [6.45, 7) is 0.790. The Kier molecular flexibility index (Phi) is 5.36. The second-order valence-corrected chi connectivity index (χ2v) is 8.37. The predicted molar refractivity (Wildman–Crippen MR) is 116 cm³/mol. The second-order valence-electron chi connectivity index (χ2n) is 7.36. The zero-order valence-corrected chi connectivity index (χ0v) is 18.1. The summed E-state index contributed by atoms with van der Waals surface area (Å²) in [5.74, 6) is 1.40. The van der Waals surface area contributed by atoms with Crippen molar-refractivity contribution in [2.24, 2.45) is 0 Å². The number of fused-ring (bicyclic) bond motifs is 1. The molecular weight excluding hydrogens is 432 g/mol. The van der Waals surface area contributed by atoms with E-state index in [1.54, 1.807) is 54.5 Å². The first kappa shape index (κ1) is 20.3. The third-order valence-corrected chi connectivity index (χ3v) is 6.40. The van der Waals surface area contributed by atoms with Gasteiger partial charge in [-0.15, -0.1) is 10.2 Å². The number of likely N-dealkylation sites (tertiary alicyclic amines) is 1. The van der Waals surface area contributed by atoms with Crippen molar-refractivity contribution in [3.63, 3.8) is 0 Å². The van der Waals surface area contributed by atoms with E-state index in [0.717, 1.165) is 12.8 Å². The van der Waals surface area contributed by atoms with Crippen molar-refractivity contribution in [3.8, 4) is 17.2 Å². The van der Waals surface area contributed by atoms with Crippen LogP contribution in [-0.2, 0) is 0 Å². The van der Waals surface area contributed by atoms with Crippen LogP contribution in [0.2, 0.25) is 0 Å². The van der Waals surface area contributed by atoms with Crippen LogP contribution in [0.3, 0.4) is 0 Å². The number of carbonyl (C=O) groups is 2. The Morgan fingerprint density at radius 3 is 2.91 bits per heavy atom. The van der Waals surface area contributed by atoms with Crippen molar-refractivity contribution < 1.29 is 23.8 Å². The lowest BCUT2D eigenvalue weighted by Gasteiger charge is -2.23. The fourth-order valence-electron chi connectivity index (χ4n) is 3.81. The number of methoxy groups -OCH3 is 1. The minimum Gasteiger partial charge on any atom is -0.497 e. The quantitative estimate of drug-likeness (QED) is 0.632. The normalized spacial score (nSPS) is 16.8. The average molecular weight is 452 g/mol. The maximum atomic E-state index is 13.1. The zero-order valence-electron chi connectivity index (χ0n) is 17.2. The topological polar surface area (TPSA) is 103 Å². The molecule has 164 valence electrons. The van der Waals surface area contributed by atoms with E-state index in [-0.39, 0.29) is 29.7 Å². The first-order valence-electron chi connectivity index (χ1n) is 10.1. The molecule has 5 rings (SSSR count). The first-order chi connectivity index (χ1) is 15.6. The maximum absolute atomic E-state index is 13.1. The van der Waals surface area contributed by atoms with Gasteiger partial charge in [-0.3, -0.25) is 9.59 Å². The fraction of sp³-hybridized carbons (Fsp3) is 0.273. The molecule has 0 spiro atoms. The molecule has 2 aliphatic rings. The van der Waals surface area contributed by atoms with E-state index in [4.69, 9.17) is 14.2 Å². The number of aromatic nitrogens is 2. The lowest BCUT2D eigenvalue weighted by molar-refractivity contribution is 0.0734. The Bertz CT molecular complexity index is 1180. The highest BCUT2D eigenvalue weighted by molar-refractivity contribution is 7.13. The molecule has 1 saturated heterocycles. The molecule has 1 fully saturated rings. The van der Waals surface area contributed by atoms with E-state index in [1.807, 2.05) is 0 Å². The molecule has 1 N–H and O–H groups in total. The van der Waals surface area contributed by atoms with Gasteiger partial charge in [-0.1, -0.05) is 17.4 Å². The standard InChI is InChI=1S/C22H20N4O5S/c1-29-15-5-2-4-13(10-15)22(28)26-9-3-6-16(26)20-24-25-21(32-20)19(27)23-14-7-8-17-18(11-14)31-12-30-17/h2,4-5,7-8,10-11,16H,3,6,9,12H2,1H3,(H,23,27)/t16-/m1/s1. The Morgan fingerprint density at radius 1 is 1.16 bits per heavy atom. The summed E-state index contributed by atoms with van der Waals surface area (Å²) in [5, 5.41) is 12.0. The smallest absolute Gasteiger partial charge is 0.286 e. The third-order valence-electron chi connectivity index (χ3n) is 5.38. The predicted octanol–water partition coefficient (Wildman–Crippen LogP) is 3.51. The molecule has 2 aromatic carbocycles. The van der Waals surface area contributed by atoms with E-state index >= 15 is 0 Å². The molecule has 2 aliphatic heterocycles. The molecule has 32 heavy (non-hydrogen) atoms. The number of rotatable bonds is 5. The number of amides is 2. The number of benzene rings is 2. The second kappa shape index (κ2) is 8.46. The minimum atomic E-state index is -0.365. The van der Waals surface area contributed by atoms with E-state index in [9.17, 15) is 9.59 Å².